The molecule has 0 aromatic heterocycles. The summed E-state index contributed by atoms with van der Waals surface area (Å²) in [5.41, 5.74) is 0.737. The molecule has 2 rings (SSSR count). The summed E-state index contributed by atoms with van der Waals surface area (Å²) in [5, 5.41) is 24.1. The van der Waals surface area contributed by atoms with Gasteiger partial charge in [-0.2, -0.15) is 0 Å². The van der Waals surface area contributed by atoms with Gasteiger partial charge < -0.3 is 25.7 Å². The Labute approximate surface area is 122 Å². The summed E-state index contributed by atoms with van der Waals surface area (Å²) in [7, 11) is 0. The van der Waals surface area contributed by atoms with Crippen LogP contribution in [0.3, 0.4) is 0 Å². The van der Waals surface area contributed by atoms with Crippen molar-refractivity contribution in [3.63, 3.8) is 0 Å². The van der Waals surface area contributed by atoms with Gasteiger partial charge in [-0.1, -0.05) is 12.1 Å². The van der Waals surface area contributed by atoms with Gasteiger partial charge in [0.25, 0.3) is 0 Å². The largest absolute Gasteiger partial charge is 0.508 e. The zero-order chi connectivity index (χ0) is 15.2. The number of aliphatic carboxylic acids is 1. The smallest absolute Gasteiger partial charge is 0.326 e. The third-order valence-electron chi connectivity index (χ3n) is 3.38. The Morgan fingerprint density at radius 1 is 1.24 bits per heavy atom. The molecule has 1 aliphatic rings. The summed E-state index contributed by atoms with van der Waals surface area (Å²) in [6.45, 7) is 2.56. The number of nitrogens with one attached hydrogen (secondary N) is 2. The predicted molar refractivity (Wildman–Crippen MR) is 76.2 cm³/mol. The number of carboxylic acids is 1. The van der Waals surface area contributed by atoms with E-state index in [-0.39, 0.29) is 18.2 Å². The molecule has 1 atom stereocenters. The molecule has 2 amide bonds. The highest BCUT2D eigenvalue weighted by atomic mass is 16.4. The fourth-order valence-corrected chi connectivity index (χ4v) is 2.18. The van der Waals surface area contributed by atoms with Crippen LogP contribution in [0.25, 0.3) is 0 Å². The lowest BCUT2D eigenvalue weighted by atomic mass is 10.1. The molecule has 0 unspecified atom stereocenters. The Morgan fingerprint density at radius 2 is 1.86 bits per heavy atom. The van der Waals surface area contributed by atoms with Crippen molar-refractivity contribution in [3.05, 3.63) is 29.8 Å². The summed E-state index contributed by atoms with van der Waals surface area (Å²) in [6.07, 6.45) is 0.174. The van der Waals surface area contributed by atoms with Crippen LogP contribution in [0.4, 0.5) is 4.79 Å². The second-order valence-electron chi connectivity index (χ2n) is 4.95. The molecule has 1 saturated heterocycles. The van der Waals surface area contributed by atoms with Crippen LogP contribution in [0, 0.1) is 0 Å². The molecule has 1 aromatic rings. The molecule has 1 aromatic carbocycles. The molecule has 7 nitrogen and oxygen atoms in total. The zero-order valence-corrected chi connectivity index (χ0v) is 11.6. The number of amides is 2. The van der Waals surface area contributed by atoms with E-state index in [1.807, 2.05) is 0 Å². The van der Waals surface area contributed by atoms with Crippen LogP contribution in [0.1, 0.15) is 5.56 Å². The second-order valence-corrected chi connectivity index (χ2v) is 4.95. The SMILES string of the molecule is O=C(O)[C@H](Cc1ccc(O)cc1)NC(=O)N1CCNCC1. The number of phenols is 1. The van der Waals surface area contributed by atoms with Crippen LogP contribution in [-0.2, 0) is 11.2 Å². The Hall–Kier alpha value is -2.28. The molecule has 0 radical (unpaired) electrons. The van der Waals surface area contributed by atoms with E-state index in [0.717, 1.165) is 5.56 Å². The van der Waals surface area contributed by atoms with E-state index in [2.05, 4.69) is 10.6 Å². The third kappa shape index (κ3) is 4.35. The number of hydrogen-bond acceptors (Lipinski definition) is 4. The Bertz CT molecular complexity index is 497. The average Bonchev–Trinajstić information content (AvgIpc) is 2.49. The molecule has 1 heterocycles. The highest BCUT2D eigenvalue weighted by molar-refractivity contribution is 5.82. The van der Waals surface area contributed by atoms with Gasteiger partial charge in [-0.25, -0.2) is 9.59 Å². The number of piperazine rings is 1. The molecule has 21 heavy (non-hydrogen) atoms. The van der Waals surface area contributed by atoms with Gasteiger partial charge in [0.05, 0.1) is 0 Å². The van der Waals surface area contributed by atoms with Crippen molar-refractivity contribution >= 4 is 12.0 Å². The zero-order valence-electron chi connectivity index (χ0n) is 11.6. The van der Waals surface area contributed by atoms with Gasteiger partial charge in [0.15, 0.2) is 0 Å². The maximum Gasteiger partial charge on any atom is 0.326 e. The molecule has 114 valence electrons. The third-order valence-corrected chi connectivity index (χ3v) is 3.38. The minimum atomic E-state index is -1.08. The number of nitrogens with zero attached hydrogens (tertiary/aromatic N) is 1. The summed E-state index contributed by atoms with van der Waals surface area (Å²) >= 11 is 0. The number of carbonyl (C=O) groups excluding carboxylic acids is 1. The lowest BCUT2D eigenvalue weighted by molar-refractivity contribution is -0.139. The molecule has 0 bridgehead atoms. The maximum atomic E-state index is 12.0. The van der Waals surface area contributed by atoms with Gasteiger partial charge in [-0.05, 0) is 17.7 Å². The van der Waals surface area contributed by atoms with Crippen molar-refractivity contribution in [2.45, 2.75) is 12.5 Å². The average molecular weight is 293 g/mol. The van der Waals surface area contributed by atoms with Crippen LogP contribution >= 0.6 is 0 Å². The second kappa shape index (κ2) is 6.94. The Balaban J connectivity index is 1.96. The molecule has 7 heteroatoms. The van der Waals surface area contributed by atoms with Crippen LogP contribution < -0.4 is 10.6 Å². The molecule has 1 fully saturated rings. The standard InChI is InChI=1S/C14H19N3O4/c18-11-3-1-10(2-4-11)9-12(13(19)20)16-14(21)17-7-5-15-6-8-17/h1-4,12,15,18H,5-9H2,(H,16,21)(H,19,20)/t12-/m0/s1. The van der Waals surface area contributed by atoms with Crippen LogP contribution in [0.15, 0.2) is 24.3 Å². The molecule has 4 N–H and O–H groups in total. The minimum absolute atomic E-state index is 0.121. The van der Waals surface area contributed by atoms with E-state index in [4.69, 9.17) is 0 Å². The quantitative estimate of drug-likeness (QED) is 0.626. The summed E-state index contributed by atoms with van der Waals surface area (Å²) in [6, 6.07) is 4.92. The van der Waals surface area contributed by atoms with Crippen molar-refractivity contribution in [2.75, 3.05) is 26.2 Å². The van der Waals surface area contributed by atoms with E-state index in [1.54, 1.807) is 17.0 Å². The van der Waals surface area contributed by atoms with Gasteiger partial charge in [-0.15, -0.1) is 0 Å². The summed E-state index contributed by atoms with van der Waals surface area (Å²) < 4.78 is 0. The van der Waals surface area contributed by atoms with Crippen molar-refractivity contribution < 1.29 is 19.8 Å². The predicted octanol–water partition coefficient (Wildman–Crippen LogP) is 0.00270. The first kappa shape index (κ1) is 15.1. The fourth-order valence-electron chi connectivity index (χ4n) is 2.18. The van der Waals surface area contributed by atoms with E-state index < -0.39 is 12.0 Å². The Kier molecular flexibility index (Phi) is 4.99. The van der Waals surface area contributed by atoms with Crippen molar-refractivity contribution in [2.24, 2.45) is 0 Å². The maximum absolute atomic E-state index is 12.0. The fraction of sp³-hybridized carbons (Fsp3) is 0.429. The number of phenolic OH excluding ortho intramolecular Hbond substituents is 1. The lowest BCUT2D eigenvalue weighted by Crippen LogP contribution is -2.54. The van der Waals surface area contributed by atoms with E-state index in [9.17, 15) is 19.8 Å². The number of urea groups is 1. The molecular weight excluding hydrogens is 274 g/mol. The van der Waals surface area contributed by atoms with E-state index in [0.29, 0.717) is 26.2 Å². The monoisotopic (exact) mass is 293 g/mol. The van der Waals surface area contributed by atoms with Crippen LogP contribution in [-0.4, -0.2) is 59.3 Å². The lowest BCUT2D eigenvalue weighted by Gasteiger charge is -2.28. The number of carboxylic acid groups (broad SMARTS) is 1. The Morgan fingerprint density at radius 3 is 2.43 bits per heavy atom. The topological polar surface area (TPSA) is 102 Å². The number of hydrogen-bond donors (Lipinski definition) is 4. The molecule has 0 saturated carbocycles. The number of carbonyl (C=O) groups is 2. The summed E-state index contributed by atoms with van der Waals surface area (Å²) in [4.78, 5) is 24.9. The first-order chi connectivity index (χ1) is 10.1. The minimum Gasteiger partial charge on any atom is -0.508 e. The van der Waals surface area contributed by atoms with Crippen molar-refractivity contribution in [1.29, 1.82) is 0 Å². The highest BCUT2D eigenvalue weighted by Gasteiger charge is 2.24. The van der Waals surface area contributed by atoms with E-state index in [1.165, 1.54) is 12.1 Å². The number of rotatable bonds is 4. The van der Waals surface area contributed by atoms with Gasteiger partial charge >= 0.3 is 12.0 Å². The molecule has 1 aliphatic heterocycles. The van der Waals surface area contributed by atoms with Gasteiger partial charge in [0.1, 0.15) is 11.8 Å². The van der Waals surface area contributed by atoms with Crippen molar-refractivity contribution in [3.8, 4) is 5.75 Å². The van der Waals surface area contributed by atoms with Gasteiger partial charge in [0.2, 0.25) is 0 Å². The van der Waals surface area contributed by atoms with Gasteiger partial charge in [0, 0.05) is 32.6 Å². The first-order valence-corrected chi connectivity index (χ1v) is 6.83. The first-order valence-electron chi connectivity index (χ1n) is 6.83. The van der Waals surface area contributed by atoms with Crippen LogP contribution in [0.5, 0.6) is 5.75 Å². The number of benzene rings is 1. The molecular formula is C14H19N3O4. The molecule has 0 aliphatic carbocycles. The normalized spacial score (nSPS) is 16.3. The number of aromatic hydroxyl groups is 1. The van der Waals surface area contributed by atoms with Crippen LogP contribution in [0.2, 0.25) is 0 Å². The summed E-state index contributed by atoms with van der Waals surface area (Å²) in [5.74, 6) is -0.956. The molecule has 0 spiro atoms. The van der Waals surface area contributed by atoms with E-state index >= 15 is 0 Å². The van der Waals surface area contributed by atoms with Gasteiger partial charge in [-0.3, -0.25) is 0 Å². The highest BCUT2D eigenvalue weighted by Crippen LogP contribution is 2.11. The van der Waals surface area contributed by atoms with Crippen molar-refractivity contribution in [1.82, 2.24) is 15.5 Å².